The molecule has 0 amide bonds. The van der Waals surface area contributed by atoms with Gasteiger partial charge >= 0.3 is 0 Å². The molecule has 0 radical (unpaired) electrons. The summed E-state index contributed by atoms with van der Waals surface area (Å²) in [5, 5.41) is 0.0137. The quantitative estimate of drug-likeness (QED) is 0.0764. The van der Waals surface area contributed by atoms with E-state index in [9.17, 15) is 13.2 Å². The van der Waals surface area contributed by atoms with Gasteiger partial charge < -0.3 is 32.6 Å². The van der Waals surface area contributed by atoms with Crippen LogP contribution in [0.2, 0.25) is 36.3 Å². The second-order valence-electron chi connectivity index (χ2n) is 20.1. The Morgan fingerprint density at radius 1 is 0.877 bits per heavy atom. The third-order valence-electron chi connectivity index (χ3n) is 13.7. The van der Waals surface area contributed by atoms with Crippen molar-refractivity contribution in [2.24, 2.45) is 11.8 Å². The largest absolute Gasteiger partial charge is 0.414 e. The Hall–Kier alpha value is -1.49. The summed E-state index contributed by atoms with van der Waals surface area (Å²) in [6.45, 7) is 33.9. The molecular weight excluding hydrogens is 773 g/mol. The number of carbonyl (C=O) groups is 1. The van der Waals surface area contributed by atoms with Gasteiger partial charge in [0.15, 0.2) is 26.5 Å². The molecule has 0 N–H and O–H groups in total. The van der Waals surface area contributed by atoms with Crippen LogP contribution in [-0.2, 0) is 42.4 Å². The zero-order valence-corrected chi connectivity index (χ0v) is 40.1. The van der Waals surface area contributed by atoms with Gasteiger partial charge in [-0.3, -0.25) is 0 Å². The van der Waals surface area contributed by atoms with Gasteiger partial charge in [0.05, 0.1) is 66.1 Å². The molecule has 1 aromatic carbocycles. The monoisotopic (exact) mass is 848 g/mol. The lowest BCUT2D eigenvalue weighted by molar-refractivity contribution is -0.108. The predicted molar refractivity (Wildman–Crippen MR) is 234 cm³/mol. The van der Waals surface area contributed by atoms with Crippen molar-refractivity contribution in [1.82, 2.24) is 0 Å². The molecule has 3 saturated heterocycles. The topological polar surface area (TPSA) is 107 Å². The molecule has 5 unspecified atom stereocenters. The number of methoxy groups -OCH3 is 1. The molecule has 0 aromatic heterocycles. The van der Waals surface area contributed by atoms with Gasteiger partial charge in [0.2, 0.25) is 0 Å². The summed E-state index contributed by atoms with van der Waals surface area (Å²) < 4.78 is 68.5. The zero-order valence-electron chi connectivity index (χ0n) is 37.3. The van der Waals surface area contributed by atoms with Crippen molar-refractivity contribution < 1.29 is 41.0 Å². The highest BCUT2D eigenvalue weighted by Gasteiger charge is 2.50. The molecule has 0 spiro atoms. The van der Waals surface area contributed by atoms with Gasteiger partial charge in [0.25, 0.3) is 0 Å². The SMILES string of the molecule is C=C1CC(CCC=O)OC1CCC1C[C@@H](C)C(=C)C(C[C@@H]2O[C@H](C[C@@H](CO[Si](C)(C)C(C)(C)C)O[Si](C)(C)C(C)(C)C)[C@H](OC)C2CS(=O)(=O)c2ccccc2)O1. The number of carbonyl (C=O) groups excluding carboxylic acids is 1. The van der Waals surface area contributed by atoms with E-state index in [4.69, 9.17) is 27.8 Å². The molecule has 0 bridgehead atoms. The second-order valence-corrected chi connectivity index (χ2v) is 31.7. The molecule has 0 saturated carbocycles. The summed E-state index contributed by atoms with van der Waals surface area (Å²) in [5.74, 6) is -0.348. The molecule has 1 aromatic rings. The van der Waals surface area contributed by atoms with Crippen LogP contribution < -0.4 is 0 Å². The van der Waals surface area contributed by atoms with E-state index in [2.05, 4.69) is 87.8 Å². The van der Waals surface area contributed by atoms with Crippen LogP contribution in [0.3, 0.4) is 0 Å². The van der Waals surface area contributed by atoms with Crippen molar-refractivity contribution in [2.75, 3.05) is 19.5 Å². The van der Waals surface area contributed by atoms with Crippen LogP contribution in [-0.4, -0.2) is 99.6 Å². The molecule has 4 rings (SSSR count). The molecule has 3 heterocycles. The first-order valence-electron chi connectivity index (χ1n) is 21.3. The first-order valence-corrected chi connectivity index (χ1v) is 28.7. The zero-order chi connectivity index (χ0) is 42.6. The van der Waals surface area contributed by atoms with Crippen molar-refractivity contribution in [2.45, 2.75) is 190 Å². The normalized spacial score (nSPS) is 29.9. The molecule has 57 heavy (non-hydrogen) atoms. The molecule has 3 aliphatic rings. The van der Waals surface area contributed by atoms with E-state index in [-0.39, 0.29) is 52.3 Å². The Morgan fingerprint density at radius 2 is 1.51 bits per heavy atom. The third kappa shape index (κ3) is 12.5. The summed E-state index contributed by atoms with van der Waals surface area (Å²) in [5.41, 5.74) is 2.09. The average Bonchev–Trinajstić information content (AvgIpc) is 3.63. The summed E-state index contributed by atoms with van der Waals surface area (Å²) in [6.07, 6.45) is 4.44. The van der Waals surface area contributed by atoms with E-state index in [0.29, 0.717) is 30.8 Å². The lowest BCUT2D eigenvalue weighted by Crippen LogP contribution is -2.49. The molecule has 3 aliphatic heterocycles. The fourth-order valence-electron chi connectivity index (χ4n) is 8.01. The van der Waals surface area contributed by atoms with Gasteiger partial charge in [0.1, 0.15) is 6.29 Å². The number of benzene rings is 1. The predicted octanol–water partition coefficient (Wildman–Crippen LogP) is 9.87. The maximum Gasteiger partial charge on any atom is 0.192 e. The van der Waals surface area contributed by atoms with Crippen molar-refractivity contribution in [1.29, 1.82) is 0 Å². The number of hydrogen-bond donors (Lipinski definition) is 0. The Balaban J connectivity index is 1.60. The van der Waals surface area contributed by atoms with E-state index < -0.39 is 50.7 Å². The second kappa shape index (κ2) is 19.5. The van der Waals surface area contributed by atoms with Gasteiger partial charge in [-0.2, -0.15) is 0 Å². The minimum absolute atomic E-state index is 0.0160. The van der Waals surface area contributed by atoms with Crippen molar-refractivity contribution in [3.63, 3.8) is 0 Å². The first kappa shape index (κ1) is 48.2. The van der Waals surface area contributed by atoms with E-state index in [1.807, 2.05) is 6.07 Å². The molecule has 324 valence electrons. The van der Waals surface area contributed by atoms with Gasteiger partial charge in [-0.1, -0.05) is 79.8 Å². The molecule has 0 aliphatic carbocycles. The number of hydrogen-bond acceptors (Lipinski definition) is 9. The van der Waals surface area contributed by atoms with Crippen molar-refractivity contribution in [3.8, 4) is 0 Å². The van der Waals surface area contributed by atoms with Gasteiger partial charge in [0, 0.05) is 32.3 Å². The van der Waals surface area contributed by atoms with Crippen LogP contribution in [0.25, 0.3) is 0 Å². The van der Waals surface area contributed by atoms with Crippen LogP contribution in [0, 0.1) is 11.8 Å². The average molecular weight is 849 g/mol. The minimum Gasteiger partial charge on any atom is -0.414 e. The fourth-order valence-corrected chi connectivity index (χ4v) is 12.1. The molecule has 3 fully saturated rings. The number of sulfone groups is 1. The first-order chi connectivity index (χ1) is 26.4. The molecule has 12 heteroatoms. The molecular formula is C45H76O9SSi2. The number of rotatable bonds is 19. The Kier molecular flexibility index (Phi) is 16.5. The molecule has 9 nitrogen and oxygen atoms in total. The summed E-state index contributed by atoms with van der Waals surface area (Å²) >= 11 is 0. The number of aldehydes is 1. The minimum atomic E-state index is -3.68. The Labute approximate surface area is 348 Å². The van der Waals surface area contributed by atoms with Crippen molar-refractivity contribution >= 4 is 32.8 Å². The van der Waals surface area contributed by atoms with Crippen molar-refractivity contribution in [3.05, 3.63) is 54.6 Å². The maximum atomic E-state index is 14.1. The van der Waals surface area contributed by atoms with Crippen LogP contribution in [0.4, 0.5) is 0 Å². The maximum absolute atomic E-state index is 14.1. The highest BCUT2D eigenvalue weighted by molar-refractivity contribution is 7.91. The Bertz CT molecular complexity index is 1600. The molecule has 10 atom stereocenters. The highest BCUT2D eigenvalue weighted by Crippen LogP contribution is 2.44. The highest BCUT2D eigenvalue weighted by atomic mass is 32.2. The van der Waals surface area contributed by atoms with Crippen LogP contribution >= 0.6 is 0 Å². The van der Waals surface area contributed by atoms with Gasteiger partial charge in [-0.25, -0.2) is 8.42 Å². The smallest absolute Gasteiger partial charge is 0.192 e. The van der Waals surface area contributed by atoms with Crippen LogP contribution in [0.5, 0.6) is 0 Å². The van der Waals surface area contributed by atoms with E-state index >= 15 is 0 Å². The van der Waals surface area contributed by atoms with Crippen LogP contribution in [0.1, 0.15) is 99.8 Å². The summed E-state index contributed by atoms with van der Waals surface area (Å²) in [4.78, 5) is 11.2. The Morgan fingerprint density at radius 3 is 2.11 bits per heavy atom. The van der Waals surface area contributed by atoms with Crippen LogP contribution in [0.15, 0.2) is 59.5 Å². The van der Waals surface area contributed by atoms with E-state index in [1.165, 1.54) is 0 Å². The lowest BCUT2D eigenvalue weighted by Gasteiger charge is -2.42. The summed E-state index contributed by atoms with van der Waals surface area (Å²) in [7, 11) is -6.37. The van der Waals surface area contributed by atoms with E-state index in [0.717, 1.165) is 49.5 Å². The number of ether oxygens (including phenoxy) is 4. The third-order valence-corrected chi connectivity index (χ3v) is 24.6. The van der Waals surface area contributed by atoms with Gasteiger partial charge in [-0.15, -0.1) is 0 Å². The lowest BCUT2D eigenvalue weighted by atomic mass is 9.83. The van der Waals surface area contributed by atoms with Gasteiger partial charge in [-0.05, 0) is 97.6 Å². The summed E-state index contributed by atoms with van der Waals surface area (Å²) in [6, 6.07) is 8.66. The van der Waals surface area contributed by atoms with E-state index in [1.54, 1.807) is 31.4 Å². The standard InChI is InChI=1S/C45H76O9SSi2/c1-31-25-35(22-23-39-32(2)26-34(51-39)19-18-24-46)52-40(33(31)3)28-41-38(30-55(47,48)37-20-16-15-17-21-37)43(49-10)42(53-41)27-36(54-57(13,14)45(7,8)9)29-50-56(11,12)44(4,5)6/h15-17,20-21,24,31,34-36,38-43H,2-3,18-19,22-23,25-30H2,1,4-14H3/t31-,34?,35?,36+,38?,39?,40?,41+,42-,43-/m1/s1. The fraction of sp³-hybridized carbons (Fsp3) is 0.756.